The summed E-state index contributed by atoms with van der Waals surface area (Å²) in [5, 5.41) is 0. The van der Waals surface area contributed by atoms with Crippen LogP contribution in [0.1, 0.15) is 28.4 Å². The molecule has 0 saturated heterocycles. The lowest BCUT2D eigenvalue weighted by molar-refractivity contribution is -0.116. The van der Waals surface area contributed by atoms with Gasteiger partial charge in [0.25, 0.3) is 5.91 Å². The van der Waals surface area contributed by atoms with E-state index in [0.29, 0.717) is 12.0 Å². The summed E-state index contributed by atoms with van der Waals surface area (Å²) in [6.07, 6.45) is 3.36. The fourth-order valence-electron chi connectivity index (χ4n) is 2.56. The molecular weight excluding hydrogens is 342 g/mol. The Morgan fingerprint density at radius 2 is 1.86 bits per heavy atom. The molecule has 0 radical (unpaired) electrons. The predicted octanol–water partition coefficient (Wildman–Crippen LogP) is 4.12. The Labute approximate surface area is 137 Å². The summed E-state index contributed by atoms with van der Waals surface area (Å²) < 4.78 is 0.853. The Kier molecular flexibility index (Phi) is 4.20. The summed E-state index contributed by atoms with van der Waals surface area (Å²) >= 11 is 3.38. The number of hydrogen-bond acceptors (Lipinski definition) is 2. The van der Waals surface area contributed by atoms with Crippen LogP contribution in [0, 0.1) is 0 Å². The largest absolute Gasteiger partial charge is 0.307 e. The van der Waals surface area contributed by atoms with E-state index in [1.165, 1.54) is 6.08 Å². The Hall–Kier alpha value is -2.20. The number of amides is 1. The minimum Gasteiger partial charge on any atom is -0.307 e. The zero-order valence-electron chi connectivity index (χ0n) is 11.8. The highest BCUT2D eigenvalue weighted by Gasteiger charge is 2.29. The highest BCUT2D eigenvalue weighted by atomic mass is 79.9. The van der Waals surface area contributed by atoms with Crippen molar-refractivity contribution in [2.24, 2.45) is 0 Å². The molecule has 4 heteroatoms. The molecule has 0 bridgehead atoms. The first-order valence-electron chi connectivity index (χ1n) is 6.99. The van der Waals surface area contributed by atoms with Crippen LogP contribution in [-0.2, 0) is 4.79 Å². The number of carbonyl (C=O) groups excluding carboxylic acids is 2. The summed E-state index contributed by atoms with van der Waals surface area (Å²) in [5.74, 6) is -0.0777. The average molecular weight is 356 g/mol. The quantitative estimate of drug-likeness (QED) is 0.812. The predicted molar refractivity (Wildman–Crippen MR) is 88.3 cm³/mol. The Morgan fingerprint density at radius 1 is 1.09 bits per heavy atom. The molecule has 2 aromatic rings. The molecule has 0 saturated carbocycles. The SMILES string of the molecule is O=C1C=CN(C(=O)c2cccc(Br)c2)C(c2ccccc2)C1. The molecule has 0 aromatic heterocycles. The molecule has 2 aromatic carbocycles. The molecule has 1 unspecified atom stereocenters. The van der Waals surface area contributed by atoms with E-state index in [2.05, 4.69) is 15.9 Å². The number of nitrogens with zero attached hydrogens (tertiary/aromatic N) is 1. The third-order valence-corrected chi connectivity index (χ3v) is 4.14. The molecule has 3 rings (SSSR count). The zero-order valence-corrected chi connectivity index (χ0v) is 13.4. The molecule has 3 nitrogen and oxygen atoms in total. The second kappa shape index (κ2) is 6.28. The van der Waals surface area contributed by atoms with Crippen LogP contribution in [0.5, 0.6) is 0 Å². The number of benzene rings is 2. The van der Waals surface area contributed by atoms with Crippen LogP contribution in [0.2, 0.25) is 0 Å². The zero-order chi connectivity index (χ0) is 15.5. The lowest BCUT2D eigenvalue weighted by Gasteiger charge is -2.31. The molecule has 1 aliphatic rings. The first-order chi connectivity index (χ1) is 10.6. The number of hydrogen-bond donors (Lipinski definition) is 0. The number of ketones is 1. The van der Waals surface area contributed by atoms with Gasteiger partial charge in [0.1, 0.15) is 0 Å². The van der Waals surface area contributed by atoms with E-state index in [-0.39, 0.29) is 17.7 Å². The minimum absolute atomic E-state index is 0.0344. The van der Waals surface area contributed by atoms with E-state index in [4.69, 9.17) is 0 Å². The van der Waals surface area contributed by atoms with Gasteiger partial charge in [0.05, 0.1) is 6.04 Å². The standard InChI is InChI=1S/C18H14BrNO2/c19-15-8-4-7-14(11-15)18(22)20-10-9-16(21)12-17(20)13-5-2-1-3-6-13/h1-11,17H,12H2. The monoisotopic (exact) mass is 355 g/mol. The summed E-state index contributed by atoms with van der Waals surface area (Å²) in [4.78, 5) is 26.2. The van der Waals surface area contributed by atoms with Gasteiger partial charge in [0, 0.05) is 22.7 Å². The lowest BCUT2D eigenvalue weighted by Crippen LogP contribution is -2.34. The van der Waals surface area contributed by atoms with Gasteiger partial charge in [-0.1, -0.05) is 52.3 Å². The van der Waals surface area contributed by atoms with Crippen LogP contribution in [0.3, 0.4) is 0 Å². The molecule has 0 fully saturated rings. The molecule has 0 aliphatic carbocycles. The van der Waals surface area contributed by atoms with Gasteiger partial charge in [-0.15, -0.1) is 0 Å². The van der Waals surface area contributed by atoms with Crippen molar-refractivity contribution in [3.8, 4) is 0 Å². The molecule has 0 spiro atoms. The van der Waals surface area contributed by atoms with Crippen molar-refractivity contribution in [2.45, 2.75) is 12.5 Å². The molecule has 1 heterocycles. The third kappa shape index (κ3) is 3.02. The van der Waals surface area contributed by atoms with E-state index in [0.717, 1.165) is 10.0 Å². The first kappa shape index (κ1) is 14.7. The van der Waals surface area contributed by atoms with Crippen LogP contribution in [0.15, 0.2) is 71.3 Å². The normalized spacial score (nSPS) is 17.6. The van der Waals surface area contributed by atoms with E-state index >= 15 is 0 Å². The number of halogens is 1. The third-order valence-electron chi connectivity index (χ3n) is 3.64. The maximum atomic E-state index is 12.8. The Morgan fingerprint density at radius 3 is 2.59 bits per heavy atom. The second-order valence-electron chi connectivity index (χ2n) is 5.14. The van der Waals surface area contributed by atoms with Gasteiger partial charge < -0.3 is 4.90 Å². The van der Waals surface area contributed by atoms with E-state index in [1.807, 2.05) is 42.5 Å². The van der Waals surface area contributed by atoms with E-state index < -0.39 is 0 Å². The second-order valence-corrected chi connectivity index (χ2v) is 6.05. The van der Waals surface area contributed by atoms with Crippen molar-refractivity contribution in [1.82, 2.24) is 4.90 Å². The molecule has 1 atom stereocenters. The summed E-state index contributed by atoms with van der Waals surface area (Å²) in [6.45, 7) is 0. The van der Waals surface area contributed by atoms with Gasteiger partial charge in [0.15, 0.2) is 5.78 Å². The maximum Gasteiger partial charge on any atom is 0.258 e. The average Bonchev–Trinajstić information content (AvgIpc) is 2.55. The maximum absolute atomic E-state index is 12.8. The van der Waals surface area contributed by atoms with Gasteiger partial charge in [-0.3, -0.25) is 9.59 Å². The van der Waals surface area contributed by atoms with Crippen LogP contribution in [0.25, 0.3) is 0 Å². The molecule has 22 heavy (non-hydrogen) atoms. The fraction of sp³-hybridized carbons (Fsp3) is 0.111. The van der Waals surface area contributed by atoms with Gasteiger partial charge in [-0.25, -0.2) is 0 Å². The lowest BCUT2D eigenvalue weighted by atomic mass is 9.96. The molecule has 0 N–H and O–H groups in total. The summed E-state index contributed by atoms with van der Waals surface area (Å²) in [7, 11) is 0. The van der Waals surface area contributed by atoms with E-state index in [1.54, 1.807) is 23.2 Å². The minimum atomic E-state index is -0.259. The molecule has 1 amide bonds. The van der Waals surface area contributed by atoms with Crippen LogP contribution >= 0.6 is 15.9 Å². The van der Waals surface area contributed by atoms with Gasteiger partial charge >= 0.3 is 0 Å². The van der Waals surface area contributed by atoms with Gasteiger partial charge in [-0.2, -0.15) is 0 Å². The highest BCUT2D eigenvalue weighted by molar-refractivity contribution is 9.10. The van der Waals surface area contributed by atoms with Crippen molar-refractivity contribution in [1.29, 1.82) is 0 Å². The van der Waals surface area contributed by atoms with Crippen molar-refractivity contribution >= 4 is 27.6 Å². The Balaban J connectivity index is 1.97. The first-order valence-corrected chi connectivity index (χ1v) is 7.78. The van der Waals surface area contributed by atoms with Crippen molar-refractivity contribution in [3.05, 3.63) is 82.5 Å². The topological polar surface area (TPSA) is 37.4 Å². The van der Waals surface area contributed by atoms with Crippen LogP contribution in [0.4, 0.5) is 0 Å². The number of rotatable bonds is 2. The number of carbonyl (C=O) groups is 2. The van der Waals surface area contributed by atoms with Gasteiger partial charge in [-0.05, 0) is 29.8 Å². The molecule has 110 valence electrons. The Bertz CT molecular complexity index is 740. The summed E-state index contributed by atoms with van der Waals surface area (Å²) in [5.41, 5.74) is 1.55. The molecule has 1 aliphatic heterocycles. The van der Waals surface area contributed by atoms with Crippen LogP contribution < -0.4 is 0 Å². The summed E-state index contributed by atoms with van der Waals surface area (Å²) in [6, 6.07) is 16.6. The van der Waals surface area contributed by atoms with E-state index in [9.17, 15) is 9.59 Å². The fourth-order valence-corrected chi connectivity index (χ4v) is 2.96. The molecular formula is C18H14BrNO2. The highest BCUT2D eigenvalue weighted by Crippen LogP contribution is 2.30. The van der Waals surface area contributed by atoms with Crippen molar-refractivity contribution in [2.75, 3.05) is 0 Å². The smallest absolute Gasteiger partial charge is 0.258 e. The van der Waals surface area contributed by atoms with Crippen LogP contribution in [-0.4, -0.2) is 16.6 Å². The van der Waals surface area contributed by atoms with Gasteiger partial charge in [0.2, 0.25) is 0 Å². The number of allylic oxidation sites excluding steroid dienone is 1. The van der Waals surface area contributed by atoms with Crippen molar-refractivity contribution in [3.63, 3.8) is 0 Å². The van der Waals surface area contributed by atoms with Crippen molar-refractivity contribution < 1.29 is 9.59 Å².